The van der Waals surface area contributed by atoms with E-state index in [2.05, 4.69) is 21.5 Å². The van der Waals surface area contributed by atoms with E-state index in [4.69, 9.17) is 0 Å². The number of esters is 1. The first-order valence-electron chi connectivity index (χ1n) is 7.68. The maximum atomic E-state index is 12.5. The van der Waals surface area contributed by atoms with Gasteiger partial charge in [0.15, 0.2) is 0 Å². The largest absolute Gasteiger partial charge is 0.468 e. The number of nitrogens with zero attached hydrogens (tertiary/aromatic N) is 2. The summed E-state index contributed by atoms with van der Waals surface area (Å²) in [6, 6.07) is 0. The van der Waals surface area contributed by atoms with Crippen molar-refractivity contribution in [3.8, 4) is 0 Å². The van der Waals surface area contributed by atoms with Crippen molar-refractivity contribution in [2.24, 2.45) is 11.8 Å². The third-order valence-electron chi connectivity index (χ3n) is 4.49. The Morgan fingerprint density at radius 2 is 1.85 bits per heavy atom. The number of methoxy groups -OCH3 is 1. The minimum Gasteiger partial charge on any atom is -0.468 e. The van der Waals surface area contributed by atoms with Crippen LogP contribution in [0.5, 0.6) is 0 Å². The van der Waals surface area contributed by atoms with E-state index in [1.54, 1.807) is 0 Å². The van der Waals surface area contributed by atoms with Crippen molar-refractivity contribution < 1.29 is 14.3 Å². The van der Waals surface area contributed by atoms with Crippen molar-refractivity contribution in [3.05, 3.63) is 0 Å². The fourth-order valence-corrected chi connectivity index (χ4v) is 3.23. The third kappa shape index (κ3) is 3.95. The first-order valence-corrected chi connectivity index (χ1v) is 7.68. The van der Waals surface area contributed by atoms with Gasteiger partial charge in [-0.3, -0.25) is 14.5 Å². The topological polar surface area (TPSA) is 49.9 Å². The smallest absolute Gasteiger partial charge is 0.319 e. The fraction of sp³-hybridized carbons (Fsp3) is 0.867. The summed E-state index contributed by atoms with van der Waals surface area (Å²) in [4.78, 5) is 27.9. The Hall–Kier alpha value is -1.10. The highest BCUT2D eigenvalue weighted by atomic mass is 16.5. The zero-order valence-electron chi connectivity index (χ0n) is 12.6. The molecule has 20 heavy (non-hydrogen) atoms. The molecule has 0 saturated carbocycles. The van der Waals surface area contributed by atoms with Crippen molar-refractivity contribution in [2.75, 3.05) is 39.8 Å². The molecule has 0 aromatic rings. The summed E-state index contributed by atoms with van der Waals surface area (Å²) in [6.07, 6.45) is 4.09. The number of ether oxygens (including phenoxy) is 1. The van der Waals surface area contributed by atoms with Gasteiger partial charge in [0.1, 0.15) is 0 Å². The quantitative estimate of drug-likeness (QED) is 0.728. The molecule has 0 spiro atoms. The van der Waals surface area contributed by atoms with Crippen LogP contribution in [0.25, 0.3) is 0 Å². The van der Waals surface area contributed by atoms with Gasteiger partial charge in [-0.15, -0.1) is 0 Å². The van der Waals surface area contributed by atoms with Crippen molar-refractivity contribution in [1.29, 1.82) is 0 Å². The van der Waals surface area contributed by atoms with Gasteiger partial charge in [0.2, 0.25) is 5.91 Å². The lowest BCUT2D eigenvalue weighted by atomic mass is 9.93. The minimum atomic E-state index is -0.195. The van der Waals surface area contributed by atoms with Crippen molar-refractivity contribution in [1.82, 2.24) is 9.80 Å². The second kappa shape index (κ2) is 7.07. The van der Waals surface area contributed by atoms with Gasteiger partial charge >= 0.3 is 5.97 Å². The van der Waals surface area contributed by atoms with E-state index in [0.29, 0.717) is 18.4 Å². The number of hydrogen-bond donors (Lipinski definition) is 0. The predicted octanol–water partition coefficient (Wildman–Crippen LogP) is 1.13. The molecule has 0 bridgehead atoms. The summed E-state index contributed by atoms with van der Waals surface area (Å²) in [5.74, 6) is 0.912. The van der Waals surface area contributed by atoms with E-state index in [0.717, 1.165) is 45.4 Å². The Kier molecular flexibility index (Phi) is 5.40. The number of carbonyl (C=O) groups is 2. The first kappa shape index (κ1) is 15.3. The normalized spacial score (nSPS) is 25.5. The van der Waals surface area contributed by atoms with E-state index >= 15 is 0 Å². The summed E-state index contributed by atoms with van der Waals surface area (Å²) >= 11 is 0. The molecule has 0 aliphatic carbocycles. The van der Waals surface area contributed by atoms with Crippen LogP contribution in [-0.4, -0.2) is 61.5 Å². The molecule has 1 amide bonds. The molecule has 1 atom stereocenters. The molecule has 2 saturated heterocycles. The van der Waals surface area contributed by atoms with Gasteiger partial charge in [0.05, 0.1) is 13.7 Å². The van der Waals surface area contributed by atoms with Crippen LogP contribution in [0.3, 0.4) is 0 Å². The van der Waals surface area contributed by atoms with E-state index in [1.165, 1.54) is 13.5 Å². The molecule has 2 aliphatic heterocycles. The Morgan fingerprint density at radius 1 is 1.15 bits per heavy atom. The standard InChI is InChI=1S/C15H26N2O3/c1-12-4-3-7-17(10-12)15(19)13-5-8-16(9-6-13)11-14(18)20-2/h12-13H,3-11H2,1-2H3/t12-/m1/s1. The highest BCUT2D eigenvalue weighted by molar-refractivity contribution is 5.79. The molecule has 5 heteroatoms. The number of carbonyl (C=O) groups excluding carboxylic acids is 2. The van der Waals surface area contributed by atoms with E-state index < -0.39 is 0 Å². The average Bonchev–Trinajstić information content (AvgIpc) is 2.47. The van der Waals surface area contributed by atoms with Crippen molar-refractivity contribution >= 4 is 11.9 Å². The molecule has 2 heterocycles. The maximum absolute atomic E-state index is 12.5. The highest BCUT2D eigenvalue weighted by Gasteiger charge is 2.30. The molecule has 0 unspecified atom stereocenters. The van der Waals surface area contributed by atoms with Gasteiger partial charge in [0, 0.05) is 19.0 Å². The van der Waals surface area contributed by atoms with Crippen LogP contribution >= 0.6 is 0 Å². The molecule has 114 valence electrons. The fourth-order valence-electron chi connectivity index (χ4n) is 3.23. The van der Waals surface area contributed by atoms with E-state index in [-0.39, 0.29) is 11.9 Å². The summed E-state index contributed by atoms with van der Waals surface area (Å²) in [5.41, 5.74) is 0. The Balaban J connectivity index is 1.78. The summed E-state index contributed by atoms with van der Waals surface area (Å²) in [6.45, 7) is 6.03. The first-order chi connectivity index (χ1) is 9.60. The molecular formula is C15H26N2O3. The predicted molar refractivity (Wildman–Crippen MR) is 76.2 cm³/mol. The molecule has 2 aliphatic rings. The summed E-state index contributed by atoms with van der Waals surface area (Å²) < 4.78 is 4.68. The van der Waals surface area contributed by atoms with Gasteiger partial charge in [-0.1, -0.05) is 6.92 Å². The number of likely N-dealkylation sites (tertiary alicyclic amines) is 2. The van der Waals surface area contributed by atoms with Crippen molar-refractivity contribution in [3.63, 3.8) is 0 Å². The Morgan fingerprint density at radius 3 is 2.45 bits per heavy atom. The van der Waals surface area contributed by atoms with Gasteiger partial charge in [0.25, 0.3) is 0 Å². The third-order valence-corrected chi connectivity index (χ3v) is 4.49. The molecule has 2 rings (SSSR count). The summed E-state index contributed by atoms with van der Waals surface area (Å²) in [5, 5.41) is 0. The maximum Gasteiger partial charge on any atom is 0.319 e. The molecule has 0 aromatic carbocycles. The van der Waals surface area contributed by atoms with Gasteiger partial charge in [-0.25, -0.2) is 0 Å². The van der Waals surface area contributed by atoms with Crippen LogP contribution in [0, 0.1) is 11.8 Å². The Bertz CT molecular complexity index is 351. The van der Waals surface area contributed by atoms with Crippen LogP contribution in [0.1, 0.15) is 32.6 Å². The summed E-state index contributed by atoms with van der Waals surface area (Å²) in [7, 11) is 1.41. The van der Waals surface area contributed by atoms with E-state index in [9.17, 15) is 9.59 Å². The lowest BCUT2D eigenvalue weighted by Crippen LogP contribution is -2.46. The molecular weight excluding hydrogens is 256 g/mol. The number of piperidine rings is 2. The van der Waals surface area contributed by atoms with Gasteiger partial charge in [-0.2, -0.15) is 0 Å². The number of hydrogen-bond acceptors (Lipinski definition) is 4. The SMILES string of the molecule is COC(=O)CN1CCC(C(=O)N2CCC[C@@H](C)C2)CC1. The lowest BCUT2D eigenvalue weighted by Gasteiger charge is -2.36. The average molecular weight is 282 g/mol. The minimum absolute atomic E-state index is 0.147. The van der Waals surface area contributed by atoms with Crippen LogP contribution in [0.4, 0.5) is 0 Å². The second-order valence-corrected chi connectivity index (χ2v) is 6.16. The van der Waals surface area contributed by atoms with Crippen LogP contribution in [-0.2, 0) is 14.3 Å². The van der Waals surface area contributed by atoms with Crippen molar-refractivity contribution in [2.45, 2.75) is 32.6 Å². The molecule has 0 N–H and O–H groups in total. The van der Waals surface area contributed by atoms with Gasteiger partial charge < -0.3 is 9.64 Å². The highest BCUT2D eigenvalue weighted by Crippen LogP contribution is 2.23. The second-order valence-electron chi connectivity index (χ2n) is 6.16. The van der Waals surface area contributed by atoms with Crippen LogP contribution in [0.15, 0.2) is 0 Å². The van der Waals surface area contributed by atoms with E-state index in [1.807, 2.05) is 0 Å². The van der Waals surface area contributed by atoms with Crippen LogP contribution in [0.2, 0.25) is 0 Å². The van der Waals surface area contributed by atoms with Crippen LogP contribution < -0.4 is 0 Å². The zero-order valence-corrected chi connectivity index (χ0v) is 12.6. The molecule has 2 fully saturated rings. The number of rotatable bonds is 3. The molecule has 5 nitrogen and oxygen atoms in total. The monoisotopic (exact) mass is 282 g/mol. The number of amides is 1. The molecule has 0 radical (unpaired) electrons. The van der Waals surface area contributed by atoms with Gasteiger partial charge in [-0.05, 0) is 44.7 Å². The Labute approximate surface area is 121 Å². The zero-order chi connectivity index (χ0) is 14.5. The molecule has 0 aromatic heterocycles. The lowest BCUT2D eigenvalue weighted by molar-refractivity contribution is -0.143.